The molecular weight excluding hydrogens is 322 g/mol. The van der Waals surface area contributed by atoms with Crippen LogP contribution in [0.15, 0.2) is 47.8 Å². The van der Waals surface area contributed by atoms with Gasteiger partial charge in [-0.25, -0.2) is 4.79 Å². The van der Waals surface area contributed by atoms with Gasteiger partial charge in [-0.15, -0.1) is 11.3 Å². The Morgan fingerprint density at radius 3 is 2.58 bits per heavy atom. The van der Waals surface area contributed by atoms with Gasteiger partial charge in [-0.3, -0.25) is 4.90 Å². The molecular formula is C18H23N3O2S. The maximum absolute atomic E-state index is 12.3. The average molecular weight is 345 g/mol. The monoisotopic (exact) mass is 345 g/mol. The summed E-state index contributed by atoms with van der Waals surface area (Å²) in [5, 5.41) is 8.06. The van der Waals surface area contributed by atoms with Crippen LogP contribution in [-0.2, 0) is 4.74 Å². The molecule has 0 bridgehead atoms. The highest BCUT2D eigenvalue weighted by molar-refractivity contribution is 7.10. The molecule has 2 N–H and O–H groups in total. The Balaban J connectivity index is 1.66. The van der Waals surface area contributed by atoms with Gasteiger partial charge in [-0.05, 0) is 30.5 Å². The number of benzene rings is 1. The Morgan fingerprint density at radius 2 is 1.92 bits per heavy atom. The van der Waals surface area contributed by atoms with Crippen LogP contribution in [0.25, 0.3) is 0 Å². The molecule has 1 aromatic heterocycles. The van der Waals surface area contributed by atoms with Crippen LogP contribution in [0.2, 0.25) is 0 Å². The largest absolute Gasteiger partial charge is 0.379 e. The van der Waals surface area contributed by atoms with Gasteiger partial charge < -0.3 is 15.4 Å². The first-order valence-electron chi connectivity index (χ1n) is 8.22. The van der Waals surface area contributed by atoms with Crippen LogP contribution in [0.4, 0.5) is 10.5 Å². The molecule has 0 unspecified atom stereocenters. The Labute approximate surface area is 146 Å². The van der Waals surface area contributed by atoms with E-state index in [4.69, 9.17) is 4.74 Å². The number of hydrogen-bond donors (Lipinski definition) is 2. The molecule has 0 saturated carbocycles. The summed E-state index contributed by atoms with van der Waals surface area (Å²) >= 11 is 1.73. The van der Waals surface area contributed by atoms with E-state index < -0.39 is 0 Å². The molecule has 5 nitrogen and oxygen atoms in total. The number of ether oxygens (including phenoxy) is 1. The second-order valence-electron chi connectivity index (χ2n) is 5.86. The lowest BCUT2D eigenvalue weighted by Gasteiger charge is -2.37. The number of nitrogens with zero attached hydrogens (tertiary/aromatic N) is 1. The lowest BCUT2D eigenvalue weighted by atomic mass is 10.1. The Kier molecular flexibility index (Phi) is 5.85. The van der Waals surface area contributed by atoms with Crippen LogP contribution in [-0.4, -0.2) is 43.3 Å². The number of rotatable bonds is 5. The zero-order valence-corrected chi connectivity index (χ0v) is 14.6. The molecule has 3 rings (SSSR count). The molecule has 6 heteroatoms. The van der Waals surface area contributed by atoms with Gasteiger partial charge in [0.05, 0.1) is 19.3 Å². The van der Waals surface area contributed by atoms with E-state index in [9.17, 15) is 4.79 Å². The fourth-order valence-electron chi connectivity index (χ4n) is 3.03. The number of amides is 2. The number of para-hydroxylation sites is 1. The molecule has 2 amide bonds. The Bertz CT molecular complexity index is 627. The van der Waals surface area contributed by atoms with Gasteiger partial charge >= 0.3 is 6.03 Å². The van der Waals surface area contributed by atoms with Crippen molar-refractivity contribution in [3.8, 4) is 0 Å². The van der Waals surface area contributed by atoms with Crippen LogP contribution >= 0.6 is 11.3 Å². The van der Waals surface area contributed by atoms with Crippen molar-refractivity contribution in [2.75, 3.05) is 31.6 Å². The SMILES string of the molecule is C[C@H](NC(=O)Nc1ccccc1)[C@H](c1cccs1)N1CCOCC1. The van der Waals surface area contributed by atoms with E-state index in [2.05, 4.69) is 40.0 Å². The predicted octanol–water partition coefficient (Wildman–Crippen LogP) is 3.33. The van der Waals surface area contributed by atoms with Crippen molar-refractivity contribution >= 4 is 23.1 Å². The minimum atomic E-state index is -0.177. The van der Waals surface area contributed by atoms with Gasteiger partial charge in [-0.2, -0.15) is 0 Å². The first kappa shape index (κ1) is 17.0. The van der Waals surface area contributed by atoms with Crippen molar-refractivity contribution in [2.24, 2.45) is 0 Å². The minimum absolute atomic E-state index is 0.00883. The molecule has 0 aliphatic carbocycles. The van der Waals surface area contributed by atoms with Gasteiger partial charge in [0, 0.05) is 29.7 Å². The highest BCUT2D eigenvalue weighted by Gasteiger charge is 2.29. The normalized spacial score (nSPS) is 17.9. The number of anilines is 1. The molecule has 2 aromatic rings. The fourth-order valence-corrected chi connectivity index (χ4v) is 4.00. The first-order chi connectivity index (χ1) is 11.7. The third-order valence-corrected chi connectivity index (χ3v) is 5.08. The number of urea groups is 1. The molecule has 1 aliphatic heterocycles. The van der Waals surface area contributed by atoms with E-state index in [1.54, 1.807) is 11.3 Å². The maximum Gasteiger partial charge on any atom is 0.319 e. The van der Waals surface area contributed by atoms with Crippen LogP contribution < -0.4 is 10.6 Å². The number of carbonyl (C=O) groups is 1. The molecule has 0 spiro atoms. The highest BCUT2D eigenvalue weighted by Crippen LogP contribution is 2.29. The topological polar surface area (TPSA) is 53.6 Å². The van der Waals surface area contributed by atoms with Gasteiger partial charge in [0.2, 0.25) is 0 Å². The van der Waals surface area contributed by atoms with Crippen LogP contribution in [0.5, 0.6) is 0 Å². The van der Waals surface area contributed by atoms with Gasteiger partial charge in [0.15, 0.2) is 0 Å². The lowest BCUT2D eigenvalue weighted by Crippen LogP contribution is -2.49. The number of morpholine rings is 1. The summed E-state index contributed by atoms with van der Waals surface area (Å²) in [6.45, 7) is 5.31. The summed E-state index contributed by atoms with van der Waals surface area (Å²) in [5.41, 5.74) is 0.793. The first-order valence-corrected chi connectivity index (χ1v) is 9.10. The second kappa shape index (κ2) is 8.28. The second-order valence-corrected chi connectivity index (χ2v) is 6.84. The summed E-state index contributed by atoms with van der Waals surface area (Å²) in [5.74, 6) is 0. The van der Waals surface area contributed by atoms with E-state index in [-0.39, 0.29) is 18.1 Å². The maximum atomic E-state index is 12.3. The van der Waals surface area contributed by atoms with Crippen LogP contribution in [0.3, 0.4) is 0 Å². The van der Waals surface area contributed by atoms with Crippen molar-refractivity contribution in [2.45, 2.75) is 19.0 Å². The summed E-state index contributed by atoms with van der Waals surface area (Å²) in [7, 11) is 0. The minimum Gasteiger partial charge on any atom is -0.379 e. The van der Waals surface area contributed by atoms with E-state index in [1.807, 2.05) is 30.3 Å². The molecule has 2 atom stereocenters. The summed E-state index contributed by atoms with van der Waals surface area (Å²) in [6.07, 6.45) is 0. The molecule has 1 fully saturated rings. The smallest absolute Gasteiger partial charge is 0.319 e. The molecule has 1 aliphatic rings. The van der Waals surface area contributed by atoms with Crippen molar-refractivity contribution in [3.63, 3.8) is 0 Å². The molecule has 2 heterocycles. The standard InChI is InChI=1S/C18H23N3O2S/c1-14(19-18(22)20-15-6-3-2-4-7-15)17(16-8-5-13-24-16)21-9-11-23-12-10-21/h2-8,13-14,17H,9-12H2,1H3,(H2,19,20,22)/t14-,17+/m0/s1. The average Bonchev–Trinajstić information content (AvgIpc) is 3.11. The summed E-state index contributed by atoms with van der Waals surface area (Å²) in [6, 6.07) is 13.7. The quantitative estimate of drug-likeness (QED) is 0.874. The van der Waals surface area contributed by atoms with E-state index in [1.165, 1.54) is 4.88 Å². The van der Waals surface area contributed by atoms with E-state index >= 15 is 0 Å². The highest BCUT2D eigenvalue weighted by atomic mass is 32.1. The van der Waals surface area contributed by atoms with Crippen LogP contribution in [0.1, 0.15) is 17.8 Å². The molecule has 1 saturated heterocycles. The summed E-state index contributed by atoms with van der Waals surface area (Å²) in [4.78, 5) is 16.0. The van der Waals surface area contributed by atoms with Crippen molar-refractivity contribution < 1.29 is 9.53 Å². The zero-order valence-electron chi connectivity index (χ0n) is 13.8. The number of nitrogens with one attached hydrogen (secondary N) is 2. The number of hydrogen-bond acceptors (Lipinski definition) is 4. The number of carbonyl (C=O) groups excluding carboxylic acids is 1. The third-order valence-electron chi connectivity index (χ3n) is 4.14. The molecule has 24 heavy (non-hydrogen) atoms. The molecule has 0 radical (unpaired) electrons. The Morgan fingerprint density at radius 1 is 1.17 bits per heavy atom. The van der Waals surface area contributed by atoms with E-state index in [0.29, 0.717) is 0 Å². The van der Waals surface area contributed by atoms with E-state index in [0.717, 1.165) is 32.0 Å². The zero-order chi connectivity index (χ0) is 16.8. The van der Waals surface area contributed by atoms with Gasteiger partial charge in [0.1, 0.15) is 0 Å². The van der Waals surface area contributed by atoms with Gasteiger partial charge in [0.25, 0.3) is 0 Å². The summed E-state index contributed by atoms with van der Waals surface area (Å²) < 4.78 is 5.47. The van der Waals surface area contributed by atoms with Gasteiger partial charge in [-0.1, -0.05) is 24.3 Å². The Hall–Kier alpha value is -1.89. The molecule has 128 valence electrons. The van der Waals surface area contributed by atoms with Crippen LogP contribution in [0, 0.1) is 0 Å². The molecule has 1 aromatic carbocycles. The number of thiophene rings is 1. The third kappa shape index (κ3) is 4.35. The predicted molar refractivity (Wildman–Crippen MR) is 97.5 cm³/mol. The lowest BCUT2D eigenvalue weighted by molar-refractivity contribution is 0.0106. The van der Waals surface area contributed by atoms with Crippen molar-refractivity contribution in [1.29, 1.82) is 0 Å². The van der Waals surface area contributed by atoms with Crippen molar-refractivity contribution in [3.05, 3.63) is 52.7 Å². The fraction of sp³-hybridized carbons (Fsp3) is 0.389. The van der Waals surface area contributed by atoms with Crippen molar-refractivity contribution in [1.82, 2.24) is 10.2 Å².